The Kier molecular flexibility index (Phi) is 8.59. The van der Waals surface area contributed by atoms with Gasteiger partial charge in [-0.2, -0.15) is 0 Å². The minimum atomic E-state index is -1.30. The van der Waals surface area contributed by atoms with Gasteiger partial charge in [-0.1, -0.05) is 41.5 Å². The average Bonchev–Trinajstić information content (AvgIpc) is 3.12. The zero-order valence-corrected chi connectivity index (χ0v) is 17.1. The van der Waals surface area contributed by atoms with Crippen molar-refractivity contribution < 1.29 is 33.6 Å². The molecule has 3 rings (SSSR count). The van der Waals surface area contributed by atoms with Crippen LogP contribution < -0.4 is 0 Å². The van der Waals surface area contributed by atoms with Crippen LogP contribution in [0.25, 0.3) is 10.4 Å². The molecule has 10 nitrogen and oxygen atoms in total. The van der Waals surface area contributed by atoms with Crippen LogP contribution >= 0.6 is 0 Å². The lowest BCUT2D eigenvalue weighted by atomic mass is 10.1. The summed E-state index contributed by atoms with van der Waals surface area (Å²) in [4.78, 5) is 27.4. The van der Waals surface area contributed by atoms with Gasteiger partial charge < -0.3 is 24.1 Å². The first-order valence-corrected chi connectivity index (χ1v) is 10.0. The minimum absolute atomic E-state index is 0.149. The van der Waals surface area contributed by atoms with E-state index in [0.29, 0.717) is 17.5 Å². The van der Waals surface area contributed by atoms with Crippen molar-refractivity contribution in [1.82, 2.24) is 0 Å². The van der Waals surface area contributed by atoms with E-state index >= 15 is 0 Å². The van der Waals surface area contributed by atoms with E-state index in [2.05, 4.69) is 10.0 Å². The summed E-state index contributed by atoms with van der Waals surface area (Å²) in [5.74, 6) is -1.22. The molecule has 0 spiro atoms. The third-order valence-electron chi connectivity index (χ3n) is 4.68. The SMILES string of the molecule is [N-]=[N+]=NCCCO[C@@H]1O[C@@H](COC(=O)c2ccccc2)[C@H](OC(=O)c2ccccc2)[C@H]1O. The van der Waals surface area contributed by atoms with Crippen LogP contribution in [0.1, 0.15) is 27.1 Å². The number of carbonyl (C=O) groups excluding carboxylic acids is 2. The van der Waals surface area contributed by atoms with Gasteiger partial charge in [0.15, 0.2) is 12.4 Å². The standard InChI is InChI=1S/C22H23N3O7/c23-25-24-12-7-13-29-22-18(26)19(32-21(28)16-10-5-2-6-11-16)17(31-22)14-30-20(27)15-8-3-1-4-9-15/h1-6,8-11,17-19,22,26H,7,12-14H2/t17-,18+,19-,22+/m0/s1. The van der Waals surface area contributed by atoms with Crippen LogP contribution in [-0.2, 0) is 18.9 Å². The average molecular weight is 441 g/mol. The fourth-order valence-corrected chi connectivity index (χ4v) is 3.08. The van der Waals surface area contributed by atoms with Crippen LogP contribution in [0.15, 0.2) is 65.8 Å². The Bertz CT molecular complexity index is 935. The van der Waals surface area contributed by atoms with Crippen molar-refractivity contribution in [2.24, 2.45) is 5.11 Å². The molecule has 1 saturated heterocycles. The van der Waals surface area contributed by atoms with E-state index in [1.807, 2.05) is 0 Å². The fraction of sp³-hybridized carbons (Fsp3) is 0.364. The molecule has 0 aliphatic carbocycles. The van der Waals surface area contributed by atoms with E-state index in [-0.39, 0.29) is 19.8 Å². The van der Waals surface area contributed by atoms with Crippen LogP contribution in [0, 0.1) is 0 Å². The highest BCUT2D eigenvalue weighted by Crippen LogP contribution is 2.27. The Balaban J connectivity index is 1.64. The van der Waals surface area contributed by atoms with Crippen LogP contribution in [-0.4, -0.2) is 61.4 Å². The number of carbonyl (C=O) groups is 2. The molecule has 1 fully saturated rings. The molecule has 1 aliphatic heterocycles. The molecule has 0 bridgehead atoms. The molecule has 1 aliphatic rings. The zero-order chi connectivity index (χ0) is 22.8. The summed E-state index contributed by atoms with van der Waals surface area (Å²) in [6, 6.07) is 16.7. The minimum Gasteiger partial charge on any atom is -0.459 e. The van der Waals surface area contributed by atoms with Gasteiger partial charge in [0.2, 0.25) is 0 Å². The molecule has 1 N–H and O–H groups in total. The van der Waals surface area contributed by atoms with Gasteiger partial charge in [0.1, 0.15) is 18.8 Å². The summed E-state index contributed by atoms with van der Waals surface area (Å²) in [5.41, 5.74) is 8.98. The van der Waals surface area contributed by atoms with Crippen LogP contribution in [0.3, 0.4) is 0 Å². The van der Waals surface area contributed by atoms with Gasteiger partial charge in [-0.3, -0.25) is 0 Å². The number of nitrogens with zero attached hydrogens (tertiary/aromatic N) is 3. The van der Waals surface area contributed by atoms with Crippen molar-refractivity contribution in [1.29, 1.82) is 0 Å². The van der Waals surface area contributed by atoms with Gasteiger partial charge in [0.25, 0.3) is 0 Å². The Morgan fingerprint density at radius 2 is 1.66 bits per heavy atom. The molecular weight excluding hydrogens is 418 g/mol. The molecule has 2 aromatic rings. The van der Waals surface area contributed by atoms with Gasteiger partial charge in [-0.15, -0.1) is 0 Å². The molecule has 168 valence electrons. The summed E-state index contributed by atoms with van der Waals surface area (Å²) >= 11 is 0. The quantitative estimate of drug-likeness (QED) is 0.196. The third-order valence-corrected chi connectivity index (χ3v) is 4.68. The van der Waals surface area contributed by atoms with Gasteiger partial charge >= 0.3 is 11.9 Å². The lowest BCUT2D eigenvalue weighted by molar-refractivity contribution is -0.169. The van der Waals surface area contributed by atoms with E-state index in [9.17, 15) is 14.7 Å². The Hall–Kier alpha value is -3.43. The number of aliphatic hydroxyl groups excluding tert-OH is 1. The highest BCUT2D eigenvalue weighted by molar-refractivity contribution is 5.90. The van der Waals surface area contributed by atoms with Crippen molar-refractivity contribution in [3.05, 3.63) is 82.2 Å². The number of rotatable bonds is 10. The van der Waals surface area contributed by atoms with Crippen molar-refractivity contribution >= 4 is 11.9 Å². The summed E-state index contributed by atoms with van der Waals surface area (Å²) in [7, 11) is 0. The number of hydrogen-bond acceptors (Lipinski definition) is 8. The fourth-order valence-electron chi connectivity index (χ4n) is 3.08. The molecule has 0 saturated carbocycles. The van der Waals surface area contributed by atoms with Gasteiger partial charge in [-0.05, 0) is 36.2 Å². The predicted octanol–water partition coefficient (Wildman–Crippen LogP) is 2.87. The van der Waals surface area contributed by atoms with Gasteiger partial charge in [-0.25, -0.2) is 9.59 Å². The normalized spacial score (nSPS) is 22.0. The molecule has 32 heavy (non-hydrogen) atoms. The highest BCUT2D eigenvalue weighted by atomic mass is 16.7. The Morgan fingerprint density at radius 3 is 2.28 bits per heavy atom. The molecular formula is C22H23N3O7. The number of benzene rings is 2. The van der Waals surface area contributed by atoms with E-state index in [1.54, 1.807) is 60.7 Å². The lowest BCUT2D eigenvalue weighted by Crippen LogP contribution is -2.39. The largest absolute Gasteiger partial charge is 0.459 e. The molecule has 0 amide bonds. The molecule has 10 heteroatoms. The molecule has 1 heterocycles. The smallest absolute Gasteiger partial charge is 0.338 e. The summed E-state index contributed by atoms with van der Waals surface area (Å²) in [6.07, 6.45) is -4.04. The number of aliphatic hydroxyl groups is 1. The van der Waals surface area contributed by atoms with Crippen LogP contribution in [0.4, 0.5) is 0 Å². The molecule has 0 radical (unpaired) electrons. The molecule has 4 atom stereocenters. The second-order valence-electron chi connectivity index (χ2n) is 6.91. The Labute approximate surface area is 184 Å². The van der Waals surface area contributed by atoms with E-state index in [0.717, 1.165) is 0 Å². The molecule has 0 aromatic heterocycles. The van der Waals surface area contributed by atoms with E-state index in [1.165, 1.54) is 0 Å². The first-order chi connectivity index (χ1) is 15.6. The number of esters is 2. The zero-order valence-electron chi connectivity index (χ0n) is 17.1. The van der Waals surface area contributed by atoms with Crippen molar-refractivity contribution in [2.75, 3.05) is 19.8 Å². The second-order valence-corrected chi connectivity index (χ2v) is 6.91. The molecule has 0 unspecified atom stereocenters. The highest BCUT2D eigenvalue weighted by Gasteiger charge is 2.47. The van der Waals surface area contributed by atoms with Gasteiger partial charge in [0.05, 0.1) is 11.1 Å². The van der Waals surface area contributed by atoms with Crippen LogP contribution in [0.5, 0.6) is 0 Å². The summed E-state index contributed by atoms with van der Waals surface area (Å²) in [6.45, 7) is 0.122. The van der Waals surface area contributed by atoms with Gasteiger partial charge in [0, 0.05) is 18.1 Å². The number of hydrogen-bond donors (Lipinski definition) is 1. The summed E-state index contributed by atoms with van der Waals surface area (Å²) < 4.78 is 22.0. The maximum Gasteiger partial charge on any atom is 0.338 e. The Morgan fingerprint density at radius 1 is 1.03 bits per heavy atom. The van der Waals surface area contributed by atoms with Crippen molar-refractivity contribution in [3.8, 4) is 0 Å². The maximum absolute atomic E-state index is 12.5. The molecule has 2 aromatic carbocycles. The third kappa shape index (κ3) is 6.29. The second kappa shape index (κ2) is 11.8. The first-order valence-electron chi connectivity index (χ1n) is 10.0. The lowest BCUT2D eigenvalue weighted by Gasteiger charge is -2.20. The number of ether oxygens (including phenoxy) is 4. The predicted molar refractivity (Wildman–Crippen MR) is 112 cm³/mol. The summed E-state index contributed by atoms with van der Waals surface area (Å²) in [5, 5.41) is 14.1. The van der Waals surface area contributed by atoms with E-state index in [4.69, 9.17) is 24.5 Å². The van der Waals surface area contributed by atoms with Crippen molar-refractivity contribution in [2.45, 2.75) is 31.0 Å². The number of azide groups is 1. The van der Waals surface area contributed by atoms with Crippen LogP contribution in [0.2, 0.25) is 0 Å². The van der Waals surface area contributed by atoms with E-state index < -0.39 is 36.5 Å². The topological polar surface area (TPSA) is 140 Å². The van der Waals surface area contributed by atoms with Crippen molar-refractivity contribution in [3.63, 3.8) is 0 Å². The monoisotopic (exact) mass is 441 g/mol. The maximum atomic E-state index is 12.5. The first kappa shape index (κ1) is 23.2.